The summed E-state index contributed by atoms with van der Waals surface area (Å²) in [7, 11) is 0. The third kappa shape index (κ3) is 1.49. The molecule has 0 bridgehead atoms. The maximum Gasteiger partial charge on any atom is 0.176 e. The van der Waals surface area contributed by atoms with Crippen LogP contribution < -0.4 is 0 Å². The molecular weight excluding hydrogens is 173 g/mol. The van der Waals surface area contributed by atoms with Gasteiger partial charge in [-0.2, -0.15) is 5.26 Å². The van der Waals surface area contributed by atoms with Gasteiger partial charge in [0.25, 0.3) is 0 Å². The number of Topliss-reactive ketones (excluding diaryl/α,β-unsaturated/α-hetero) is 1. The van der Waals surface area contributed by atoms with Gasteiger partial charge in [0, 0.05) is 0 Å². The number of rotatable bonds is 1. The van der Waals surface area contributed by atoms with E-state index in [1.807, 2.05) is 0 Å². The SMILES string of the molecule is CC(=O)c1c(C#N)ccc(O)c1F. The fourth-order valence-corrected chi connectivity index (χ4v) is 1.00. The lowest BCUT2D eigenvalue weighted by molar-refractivity contribution is 0.101. The molecule has 0 unspecified atom stereocenters. The van der Waals surface area contributed by atoms with Gasteiger partial charge < -0.3 is 5.11 Å². The molecule has 0 aliphatic rings. The van der Waals surface area contributed by atoms with Gasteiger partial charge in [0.05, 0.1) is 17.2 Å². The van der Waals surface area contributed by atoms with Crippen molar-refractivity contribution >= 4 is 5.78 Å². The molecule has 4 heteroatoms. The molecular formula is C9H6FNO2. The third-order valence-electron chi connectivity index (χ3n) is 1.59. The predicted octanol–water partition coefficient (Wildman–Crippen LogP) is 1.61. The van der Waals surface area contributed by atoms with Crippen LogP contribution in [-0.4, -0.2) is 10.9 Å². The van der Waals surface area contributed by atoms with Gasteiger partial charge in [-0.15, -0.1) is 0 Å². The van der Waals surface area contributed by atoms with Crippen molar-refractivity contribution in [2.45, 2.75) is 6.92 Å². The quantitative estimate of drug-likeness (QED) is 0.666. The third-order valence-corrected chi connectivity index (χ3v) is 1.59. The summed E-state index contributed by atoms with van der Waals surface area (Å²) in [5.41, 5.74) is -0.426. The molecule has 1 aromatic rings. The number of nitriles is 1. The number of phenols is 1. The predicted molar refractivity (Wildman–Crippen MR) is 42.8 cm³/mol. The van der Waals surface area contributed by atoms with E-state index in [1.165, 1.54) is 6.07 Å². The van der Waals surface area contributed by atoms with E-state index in [9.17, 15) is 9.18 Å². The van der Waals surface area contributed by atoms with Gasteiger partial charge in [-0.3, -0.25) is 4.79 Å². The Balaban J connectivity index is 3.53. The van der Waals surface area contributed by atoms with Crippen LogP contribution in [0.15, 0.2) is 12.1 Å². The minimum Gasteiger partial charge on any atom is -0.505 e. The first-order valence-electron chi connectivity index (χ1n) is 3.50. The van der Waals surface area contributed by atoms with Crippen molar-refractivity contribution < 1.29 is 14.3 Å². The highest BCUT2D eigenvalue weighted by Crippen LogP contribution is 2.22. The molecule has 3 nitrogen and oxygen atoms in total. The van der Waals surface area contributed by atoms with Gasteiger partial charge in [0.2, 0.25) is 0 Å². The molecule has 0 spiro atoms. The van der Waals surface area contributed by atoms with Crippen molar-refractivity contribution in [3.05, 3.63) is 29.1 Å². The Morgan fingerprint density at radius 3 is 2.69 bits per heavy atom. The van der Waals surface area contributed by atoms with E-state index in [2.05, 4.69) is 0 Å². The van der Waals surface area contributed by atoms with Gasteiger partial charge >= 0.3 is 0 Å². The lowest BCUT2D eigenvalue weighted by Crippen LogP contribution is -2.01. The molecule has 1 rings (SSSR count). The van der Waals surface area contributed by atoms with Crippen molar-refractivity contribution in [1.29, 1.82) is 5.26 Å². The van der Waals surface area contributed by atoms with Gasteiger partial charge in [0.15, 0.2) is 17.3 Å². The highest BCUT2D eigenvalue weighted by Gasteiger charge is 2.16. The van der Waals surface area contributed by atoms with Crippen LogP contribution in [-0.2, 0) is 0 Å². The molecule has 0 amide bonds. The molecule has 0 heterocycles. The van der Waals surface area contributed by atoms with Crippen molar-refractivity contribution in [1.82, 2.24) is 0 Å². The Hall–Kier alpha value is -1.89. The van der Waals surface area contributed by atoms with Crippen molar-refractivity contribution in [2.75, 3.05) is 0 Å². The van der Waals surface area contributed by atoms with Crippen LogP contribution in [0.4, 0.5) is 4.39 Å². The number of nitrogens with zero attached hydrogens (tertiary/aromatic N) is 1. The number of carbonyl (C=O) groups excluding carboxylic acids is 1. The second kappa shape index (κ2) is 3.23. The van der Waals surface area contributed by atoms with Crippen molar-refractivity contribution in [3.8, 4) is 11.8 Å². The van der Waals surface area contributed by atoms with Crippen molar-refractivity contribution in [3.63, 3.8) is 0 Å². The molecule has 1 aromatic carbocycles. The second-order valence-electron chi connectivity index (χ2n) is 2.49. The van der Waals surface area contributed by atoms with Crippen LogP contribution in [0.5, 0.6) is 5.75 Å². The molecule has 1 N–H and O–H groups in total. The first kappa shape index (κ1) is 9.20. The summed E-state index contributed by atoms with van der Waals surface area (Å²) in [6.07, 6.45) is 0. The minimum absolute atomic E-state index is 0.0669. The first-order chi connectivity index (χ1) is 6.07. The Morgan fingerprint density at radius 2 is 2.23 bits per heavy atom. The van der Waals surface area contributed by atoms with Crippen LogP contribution >= 0.6 is 0 Å². The van der Waals surface area contributed by atoms with E-state index in [0.29, 0.717) is 0 Å². The second-order valence-corrected chi connectivity index (χ2v) is 2.49. The number of ketones is 1. The van der Waals surface area contributed by atoms with E-state index < -0.39 is 17.3 Å². The number of phenolic OH excluding ortho intramolecular Hbond substituents is 1. The zero-order valence-corrected chi connectivity index (χ0v) is 6.84. The molecule has 0 atom stereocenters. The van der Waals surface area contributed by atoms with Crippen LogP contribution in [0.3, 0.4) is 0 Å². The standard InChI is InChI=1S/C9H6FNO2/c1-5(12)8-6(4-11)2-3-7(13)9(8)10/h2-3,13H,1H3. The van der Waals surface area contributed by atoms with Gasteiger partial charge in [-0.25, -0.2) is 4.39 Å². The zero-order valence-electron chi connectivity index (χ0n) is 6.84. The Morgan fingerprint density at radius 1 is 1.62 bits per heavy atom. The normalized spacial score (nSPS) is 9.31. The fourth-order valence-electron chi connectivity index (χ4n) is 1.00. The molecule has 0 aliphatic carbocycles. The Kier molecular flexibility index (Phi) is 2.29. The Bertz CT molecular complexity index is 407. The molecule has 13 heavy (non-hydrogen) atoms. The van der Waals surface area contributed by atoms with Crippen molar-refractivity contribution in [2.24, 2.45) is 0 Å². The average Bonchev–Trinajstić information content (AvgIpc) is 2.08. The van der Waals surface area contributed by atoms with Crippen LogP contribution in [0, 0.1) is 17.1 Å². The summed E-state index contributed by atoms with van der Waals surface area (Å²) in [6.45, 7) is 1.14. The maximum atomic E-state index is 13.1. The summed E-state index contributed by atoms with van der Waals surface area (Å²) in [5, 5.41) is 17.5. The number of hydrogen-bond acceptors (Lipinski definition) is 3. The smallest absolute Gasteiger partial charge is 0.176 e. The van der Waals surface area contributed by atoms with E-state index in [4.69, 9.17) is 10.4 Å². The molecule has 66 valence electrons. The Labute approximate surface area is 74.0 Å². The highest BCUT2D eigenvalue weighted by atomic mass is 19.1. The lowest BCUT2D eigenvalue weighted by Gasteiger charge is -2.02. The molecule has 0 aliphatic heterocycles. The van der Waals surface area contributed by atoms with Crippen LogP contribution in [0.2, 0.25) is 0 Å². The molecule has 0 fully saturated rings. The lowest BCUT2D eigenvalue weighted by atomic mass is 10.0. The largest absolute Gasteiger partial charge is 0.505 e. The first-order valence-corrected chi connectivity index (χ1v) is 3.50. The summed E-state index contributed by atoms with van der Waals surface area (Å²) < 4.78 is 13.1. The zero-order chi connectivity index (χ0) is 10.0. The summed E-state index contributed by atoms with van der Waals surface area (Å²) in [4.78, 5) is 10.9. The fraction of sp³-hybridized carbons (Fsp3) is 0.111. The van der Waals surface area contributed by atoms with Gasteiger partial charge in [0.1, 0.15) is 0 Å². The van der Waals surface area contributed by atoms with E-state index in [-0.39, 0.29) is 11.1 Å². The summed E-state index contributed by atoms with van der Waals surface area (Å²) in [5.74, 6) is -2.24. The van der Waals surface area contributed by atoms with Crippen LogP contribution in [0.1, 0.15) is 22.8 Å². The summed E-state index contributed by atoms with van der Waals surface area (Å²) >= 11 is 0. The maximum absolute atomic E-state index is 13.1. The molecule has 0 saturated carbocycles. The highest BCUT2D eigenvalue weighted by molar-refractivity contribution is 5.97. The summed E-state index contributed by atoms with van der Waals surface area (Å²) in [6, 6.07) is 3.92. The number of carbonyl (C=O) groups is 1. The molecule has 0 aromatic heterocycles. The molecule has 0 radical (unpaired) electrons. The van der Waals surface area contributed by atoms with E-state index in [0.717, 1.165) is 13.0 Å². The molecule has 0 saturated heterocycles. The van der Waals surface area contributed by atoms with Gasteiger partial charge in [-0.05, 0) is 19.1 Å². The number of benzene rings is 1. The van der Waals surface area contributed by atoms with E-state index in [1.54, 1.807) is 6.07 Å². The average molecular weight is 179 g/mol. The monoisotopic (exact) mass is 179 g/mol. The topological polar surface area (TPSA) is 61.1 Å². The minimum atomic E-state index is -1.04. The number of aromatic hydroxyl groups is 1. The van der Waals surface area contributed by atoms with E-state index >= 15 is 0 Å². The van der Waals surface area contributed by atoms with Crippen LogP contribution in [0.25, 0.3) is 0 Å². The van der Waals surface area contributed by atoms with Gasteiger partial charge in [-0.1, -0.05) is 0 Å². The number of hydrogen-bond donors (Lipinski definition) is 1. The number of halogens is 1.